The van der Waals surface area contributed by atoms with Gasteiger partial charge in [0.05, 0.1) is 7.11 Å². The summed E-state index contributed by atoms with van der Waals surface area (Å²) >= 11 is 3.28. The number of rotatable bonds is 5. The molecule has 0 heterocycles. The highest BCUT2D eigenvalue weighted by Crippen LogP contribution is 2.14. The fourth-order valence-electron chi connectivity index (χ4n) is 1.19. The smallest absolute Gasteiger partial charge is 0.325 e. The zero-order valence-electron chi connectivity index (χ0n) is 10.6. The molecule has 1 rings (SSSR count). The van der Waals surface area contributed by atoms with Gasteiger partial charge in [0.1, 0.15) is 18.2 Å². The molecular formula is C13H12BrN3O3. The Morgan fingerprint density at radius 3 is 2.60 bits per heavy atom. The van der Waals surface area contributed by atoms with E-state index in [9.17, 15) is 9.59 Å². The van der Waals surface area contributed by atoms with Crippen LogP contribution in [-0.2, 0) is 14.3 Å². The molecule has 0 atom stereocenters. The quantitative estimate of drug-likeness (QED) is 0.483. The molecule has 1 amide bonds. The molecular weight excluding hydrogens is 326 g/mol. The summed E-state index contributed by atoms with van der Waals surface area (Å²) in [5.41, 5.74) is 0.420. The van der Waals surface area contributed by atoms with Gasteiger partial charge in [-0.2, -0.15) is 5.26 Å². The Bertz CT molecular complexity index is 561. The number of amides is 1. The standard InChI is InChI=1S/C13H12BrN3O3/c1-20-12(18)8-16-7-9(6-15)13(19)17-11-4-2-10(14)3-5-11/h2-5,7,16H,8H2,1H3,(H,17,19)/b9-7-. The normalized spacial score (nSPS) is 10.3. The van der Waals surface area contributed by atoms with Gasteiger partial charge in [-0.15, -0.1) is 0 Å². The molecule has 6 nitrogen and oxygen atoms in total. The summed E-state index contributed by atoms with van der Waals surface area (Å²) in [7, 11) is 1.25. The van der Waals surface area contributed by atoms with E-state index in [0.29, 0.717) is 5.69 Å². The molecule has 0 aromatic heterocycles. The summed E-state index contributed by atoms with van der Waals surface area (Å²) in [4.78, 5) is 22.7. The molecule has 0 saturated heterocycles. The van der Waals surface area contributed by atoms with Crippen LogP contribution in [0.15, 0.2) is 40.5 Å². The number of carbonyl (C=O) groups excluding carboxylic acids is 2. The van der Waals surface area contributed by atoms with Crippen LogP contribution in [0.1, 0.15) is 0 Å². The van der Waals surface area contributed by atoms with E-state index in [4.69, 9.17) is 5.26 Å². The molecule has 0 saturated carbocycles. The van der Waals surface area contributed by atoms with E-state index in [0.717, 1.165) is 4.47 Å². The number of halogens is 1. The predicted molar refractivity (Wildman–Crippen MR) is 76.5 cm³/mol. The summed E-state index contributed by atoms with van der Waals surface area (Å²) in [6.07, 6.45) is 1.17. The van der Waals surface area contributed by atoms with E-state index in [1.807, 2.05) is 0 Å². The molecule has 104 valence electrons. The third kappa shape index (κ3) is 5.12. The summed E-state index contributed by atoms with van der Waals surface area (Å²) in [6, 6.07) is 8.67. The molecule has 1 aromatic rings. The van der Waals surface area contributed by atoms with Gasteiger partial charge in [0.15, 0.2) is 0 Å². The maximum Gasteiger partial charge on any atom is 0.325 e. The number of hydrogen-bond acceptors (Lipinski definition) is 5. The lowest BCUT2D eigenvalue weighted by Gasteiger charge is -2.04. The number of esters is 1. The van der Waals surface area contributed by atoms with E-state index in [1.165, 1.54) is 13.3 Å². The van der Waals surface area contributed by atoms with E-state index < -0.39 is 11.9 Å². The minimum Gasteiger partial charge on any atom is -0.468 e. The topological polar surface area (TPSA) is 91.2 Å². The average Bonchev–Trinajstić information content (AvgIpc) is 2.45. The zero-order valence-corrected chi connectivity index (χ0v) is 12.2. The van der Waals surface area contributed by atoms with Gasteiger partial charge in [0, 0.05) is 16.4 Å². The van der Waals surface area contributed by atoms with Gasteiger partial charge in [-0.25, -0.2) is 0 Å². The van der Waals surface area contributed by atoms with Crippen LogP contribution in [0.3, 0.4) is 0 Å². The van der Waals surface area contributed by atoms with Crippen LogP contribution < -0.4 is 10.6 Å². The van der Waals surface area contributed by atoms with Crippen LogP contribution >= 0.6 is 15.9 Å². The number of nitriles is 1. The molecule has 20 heavy (non-hydrogen) atoms. The van der Waals surface area contributed by atoms with Crippen molar-refractivity contribution in [2.45, 2.75) is 0 Å². The Morgan fingerprint density at radius 1 is 1.40 bits per heavy atom. The first-order chi connectivity index (χ1) is 9.56. The van der Waals surface area contributed by atoms with E-state index in [2.05, 4.69) is 31.3 Å². The Labute approximate surface area is 124 Å². The zero-order chi connectivity index (χ0) is 15.0. The Morgan fingerprint density at radius 2 is 2.05 bits per heavy atom. The highest BCUT2D eigenvalue weighted by atomic mass is 79.9. The number of nitrogens with zero attached hydrogens (tertiary/aromatic N) is 1. The second-order valence-corrected chi connectivity index (χ2v) is 4.50. The average molecular weight is 338 g/mol. The number of ether oxygens (including phenoxy) is 1. The minimum absolute atomic E-state index is 0.118. The molecule has 1 aromatic carbocycles. The lowest BCUT2D eigenvalue weighted by Crippen LogP contribution is -2.22. The fourth-order valence-corrected chi connectivity index (χ4v) is 1.45. The Hall–Kier alpha value is -2.33. The lowest BCUT2D eigenvalue weighted by molar-refractivity contribution is -0.139. The summed E-state index contributed by atoms with van der Waals surface area (Å²) in [5, 5.41) is 14.0. The van der Waals surface area contributed by atoms with Crippen molar-refractivity contribution in [3.8, 4) is 6.07 Å². The first kappa shape index (κ1) is 15.7. The lowest BCUT2D eigenvalue weighted by atomic mass is 10.2. The van der Waals surface area contributed by atoms with Crippen LogP contribution in [0.4, 0.5) is 5.69 Å². The number of benzene rings is 1. The van der Waals surface area contributed by atoms with Crippen LogP contribution in [0.25, 0.3) is 0 Å². The van der Waals surface area contributed by atoms with E-state index >= 15 is 0 Å². The number of nitrogens with one attached hydrogen (secondary N) is 2. The Kier molecular flexibility index (Phi) is 6.26. The molecule has 7 heteroatoms. The fraction of sp³-hybridized carbons (Fsp3) is 0.154. The number of methoxy groups -OCH3 is 1. The van der Waals surface area contributed by atoms with Crippen molar-refractivity contribution in [2.24, 2.45) is 0 Å². The van der Waals surface area contributed by atoms with Crippen molar-refractivity contribution >= 4 is 33.5 Å². The third-order valence-electron chi connectivity index (χ3n) is 2.19. The Balaban J connectivity index is 2.63. The van der Waals surface area contributed by atoms with Crippen molar-refractivity contribution in [3.05, 3.63) is 40.5 Å². The van der Waals surface area contributed by atoms with Crippen molar-refractivity contribution in [2.75, 3.05) is 19.0 Å². The minimum atomic E-state index is -0.563. The van der Waals surface area contributed by atoms with Crippen molar-refractivity contribution < 1.29 is 14.3 Å². The number of anilines is 1. The van der Waals surface area contributed by atoms with E-state index in [-0.39, 0.29) is 12.1 Å². The van der Waals surface area contributed by atoms with Crippen LogP contribution in [0, 0.1) is 11.3 Å². The van der Waals surface area contributed by atoms with Gasteiger partial charge < -0.3 is 15.4 Å². The second kappa shape index (κ2) is 7.96. The monoisotopic (exact) mass is 337 g/mol. The van der Waals surface area contributed by atoms with Gasteiger partial charge in [0.2, 0.25) is 0 Å². The molecule has 0 spiro atoms. The third-order valence-corrected chi connectivity index (χ3v) is 2.72. The van der Waals surface area contributed by atoms with Crippen LogP contribution in [0.2, 0.25) is 0 Å². The van der Waals surface area contributed by atoms with E-state index in [1.54, 1.807) is 30.3 Å². The van der Waals surface area contributed by atoms with Gasteiger partial charge >= 0.3 is 5.97 Å². The molecule has 0 aliphatic rings. The summed E-state index contributed by atoms with van der Waals surface area (Å²) in [5.74, 6) is -1.06. The van der Waals surface area contributed by atoms with Gasteiger partial charge in [0.25, 0.3) is 5.91 Å². The second-order valence-electron chi connectivity index (χ2n) is 3.59. The van der Waals surface area contributed by atoms with Gasteiger partial charge in [-0.05, 0) is 24.3 Å². The van der Waals surface area contributed by atoms with Gasteiger partial charge in [-0.1, -0.05) is 15.9 Å². The first-order valence-corrected chi connectivity index (χ1v) is 6.33. The molecule has 0 aliphatic heterocycles. The molecule has 0 bridgehead atoms. The molecule has 0 unspecified atom stereocenters. The van der Waals surface area contributed by atoms with Crippen molar-refractivity contribution in [1.82, 2.24) is 5.32 Å². The number of carbonyl (C=O) groups is 2. The first-order valence-electron chi connectivity index (χ1n) is 5.54. The molecule has 2 N–H and O–H groups in total. The van der Waals surface area contributed by atoms with Crippen LogP contribution in [0.5, 0.6) is 0 Å². The number of hydrogen-bond donors (Lipinski definition) is 2. The predicted octanol–water partition coefficient (Wildman–Crippen LogP) is 1.56. The maximum atomic E-state index is 11.8. The molecule has 0 radical (unpaired) electrons. The highest BCUT2D eigenvalue weighted by Gasteiger charge is 2.09. The summed E-state index contributed by atoms with van der Waals surface area (Å²) < 4.78 is 5.30. The maximum absolute atomic E-state index is 11.8. The van der Waals surface area contributed by atoms with Crippen molar-refractivity contribution in [1.29, 1.82) is 5.26 Å². The van der Waals surface area contributed by atoms with Crippen molar-refractivity contribution in [3.63, 3.8) is 0 Å². The molecule has 0 aliphatic carbocycles. The van der Waals surface area contributed by atoms with Gasteiger partial charge in [-0.3, -0.25) is 9.59 Å². The summed E-state index contributed by atoms with van der Waals surface area (Å²) in [6.45, 7) is -0.118. The highest BCUT2D eigenvalue weighted by molar-refractivity contribution is 9.10. The largest absolute Gasteiger partial charge is 0.468 e. The molecule has 0 fully saturated rings. The SMILES string of the molecule is COC(=O)CN/C=C(/C#N)C(=O)Nc1ccc(Br)cc1. The van der Waals surface area contributed by atoms with Crippen LogP contribution in [-0.4, -0.2) is 25.5 Å².